The van der Waals surface area contributed by atoms with E-state index in [0.717, 1.165) is 32.4 Å². The fourth-order valence-electron chi connectivity index (χ4n) is 1.37. The van der Waals surface area contributed by atoms with Crippen molar-refractivity contribution in [3.63, 3.8) is 0 Å². The summed E-state index contributed by atoms with van der Waals surface area (Å²) in [6.07, 6.45) is 5.68. The van der Waals surface area contributed by atoms with Crippen LogP contribution in [-0.4, -0.2) is 23.3 Å². The van der Waals surface area contributed by atoms with Crippen LogP contribution in [0.25, 0.3) is 0 Å². The van der Waals surface area contributed by atoms with Gasteiger partial charge >= 0.3 is 0 Å². The highest BCUT2D eigenvalue weighted by Crippen LogP contribution is 2.12. The van der Waals surface area contributed by atoms with Gasteiger partial charge in [-0.25, -0.2) is 0 Å². The van der Waals surface area contributed by atoms with E-state index in [9.17, 15) is 0 Å². The summed E-state index contributed by atoms with van der Waals surface area (Å²) in [7, 11) is 0. The summed E-state index contributed by atoms with van der Waals surface area (Å²) in [6, 6.07) is 0. The molecule has 0 fully saturated rings. The van der Waals surface area contributed by atoms with Crippen LogP contribution in [0.3, 0.4) is 0 Å². The van der Waals surface area contributed by atoms with Gasteiger partial charge in [0, 0.05) is 12.8 Å². The minimum Gasteiger partial charge on any atom is -0.317 e. The second kappa shape index (κ2) is 7.77. The molecule has 1 N–H and O–H groups in total. The van der Waals surface area contributed by atoms with Crippen LogP contribution in [0.2, 0.25) is 0 Å². The van der Waals surface area contributed by atoms with Crippen molar-refractivity contribution in [1.29, 1.82) is 0 Å². The summed E-state index contributed by atoms with van der Waals surface area (Å²) in [5, 5.41) is 14.1. The van der Waals surface area contributed by atoms with E-state index in [2.05, 4.69) is 29.4 Å². The molecule has 4 heteroatoms. The maximum Gasteiger partial charge on any atom is 0.117 e. The van der Waals surface area contributed by atoms with Crippen LogP contribution in [0.15, 0.2) is 0 Å². The van der Waals surface area contributed by atoms with Gasteiger partial charge in [0.05, 0.1) is 0 Å². The molecule has 15 heavy (non-hydrogen) atoms. The Hall–Kier alpha value is -0.480. The lowest BCUT2D eigenvalue weighted by atomic mass is 10.3. The number of nitrogens with one attached hydrogen (secondary N) is 1. The molecule has 0 spiro atoms. The summed E-state index contributed by atoms with van der Waals surface area (Å²) >= 11 is 1.77. The molecule has 86 valence electrons. The molecule has 1 rings (SSSR count). The van der Waals surface area contributed by atoms with Crippen molar-refractivity contribution in [1.82, 2.24) is 15.5 Å². The molecule has 0 saturated carbocycles. The predicted molar refractivity (Wildman–Crippen MR) is 65.4 cm³/mol. The van der Waals surface area contributed by atoms with E-state index in [-0.39, 0.29) is 0 Å². The average molecular weight is 227 g/mol. The number of aromatic nitrogens is 2. The summed E-state index contributed by atoms with van der Waals surface area (Å²) in [5.74, 6) is 0. The molecule has 0 aliphatic heterocycles. The maximum absolute atomic E-state index is 4.19. The second-order valence-electron chi connectivity index (χ2n) is 3.69. The molecular weight excluding hydrogens is 206 g/mol. The monoisotopic (exact) mass is 227 g/mol. The highest BCUT2D eigenvalue weighted by atomic mass is 32.1. The number of hydrogen-bond acceptors (Lipinski definition) is 4. The van der Waals surface area contributed by atoms with Gasteiger partial charge in [-0.05, 0) is 32.4 Å². The molecule has 0 saturated heterocycles. The van der Waals surface area contributed by atoms with E-state index >= 15 is 0 Å². The fourth-order valence-corrected chi connectivity index (χ4v) is 2.36. The lowest BCUT2D eigenvalue weighted by Gasteiger charge is -1.99. The van der Waals surface area contributed by atoms with Crippen molar-refractivity contribution in [2.75, 3.05) is 13.1 Å². The molecule has 0 aromatic carbocycles. The maximum atomic E-state index is 4.19. The van der Waals surface area contributed by atoms with Gasteiger partial charge in [-0.2, -0.15) is 0 Å². The van der Waals surface area contributed by atoms with Crippen LogP contribution in [0.1, 0.15) is 43.1 Å². The van der Waals surface area contributed by atoms with Crippen LogP contribution >= 0.6 is 11.3 Å². The lowest BCUT2D eigenvalue weighted by Crippen LogP contribution is -2.16. The Kier molecular flexibility index (Phi) is 6.52. The van der Waals surface area contributed by atoms with Gasteiger partial charge in [-0.1, -0.05) is 13.8 Å². The van der Waals surface area contributed by atoms with Gasteiger partial charge in [0.1, 0.15) is 10.0 Å². The third-order valence-electron chi connectivity index (χ3n) is 2.14. The molecule has 0 aliphatic carbocycles. The van der Waals surface area contributed by atoms with Crippen LogP contribution in [0.5, 0.6) is 0 Å². The quantitative estimate of drug-likeness (QED) is 0.693. The Morgan fingerprint density at radius 1 is 1.00 bits per heavy atom. The van der Waals surface area contributed by atoms with Crippen molar-refractivity contribution in [3.05, 3.63) is 10.0 Å². The topological polar surface area (TPSA) is 37.8 Å². The van der Waals surface area contributed by atoms with E-state index in [1.165, 1.54) is 22.9 Å². The second-order valence-corrected chi connectivity index (χ2v) is 4.84. The highest BCUT2D eigenvalue weighted by Gasteiger charge is 2.02. The summed E-state index contributed by atoms with van der Waals surface area (Å²) in [5.41, 5.74) is 0. The molecule has 0 amide bonds. The first kappa shape index (κ1) is 12.6. The van der Waals surface area contributed by atoms with Crippen molar-refractivity contribution < 1.29 is 0 Å². The van der Waals surface area contributed by atoms with Gasteiger partial charge in [-0.15, -0.1) is 21.5 Å². The highest BCUT2D eigenvalue weighted by molar-refractivity contribution is 7.11. The first-order chi connectivity index (χ1) is 7.36. The van der Waals surface area contributed by atoms with Gasteiger partial charge in [0.15, 0.2) is 0 Å². The van der Waals surface area contributed by atoms with Crippen molar-refractivity contribution >= 4 is 11.3 Å². The zero-order valence-electron chi connectivity index (χ0n) is 9.75. The van der Waals surface area contributed by atoms with E-state index < -0.39 is 0 Å². The molecule has 0 radical (unpaired) electrons. The molecule has 1 aromatic rings. The molecule has 3 nitrogen and oxygen atoms in total. The molecular formula is C11H21N3S. The third-order valence-corrected chi connectivity index (χ3v) is 3.19. The van der Waals surface area contributed by atoms with Crippen molar-refractivity contribution in [3.8, 4) is 0 Å². The first-order valence-electron chi connectivity index (χ1n) is 5.88. The number of hydrogen-bond donors (Lipinski definition) is 1. The first-order valence-corrected chi connectivity index (χ1v) is 6.70. The normalized spacial score (nSPS) is 10.8. The fraction of sp³-hybridized carbons (Fsp3) is 0.818. The van der Waals surface area contributed by atoms with E-state index in [1.54, 1.807) is 11.3 Å². The average Bonchev–Trinajstić information content (AvgIpc) is 2.66. The number of aryl methyl sites for hydroxylation is 2. The van der Waals surface area contributed by atoms with Crippen LogP contribution in [-0.2, 0) is 12.8 Å². The van der Waals surface area contributed by atoms with Gasteiger partial charge in [0.25, 0.3) is 0 Å². The Balaban J connectivity index is 2.14. The minimum absolute atomic E-state index is 1.07. The zero-order chi connectivity index (χ0) is 10.9. The van der Waals surface area contributed by atoms with E-state index in [0.29, 0.717) is 0 Å². The number of nitrogens with zero attached hydrogens (tertiary/aromatic N) is 2. The molecule has 0 aliphatic rings. The number of rotatable bonds is 8. The lowest BCUT2D eigenvalue weighted by molar-refractivity contribution is 0.637. The molecule has 0 bridgehead atoms. The van der Waals surface area contributed by atoms with E-state index in [1.807, 2.05) is 0 Å². The Bertz CT molecular complexity index is 260. The smallest absolute Gasteiger partial charge is 0.117 e. The summed E-state index contributed by atoms with van der Waals surface area (Å²) in [4.78, 5) is 0. The Labute approximate surface area is 96.3 Å². The molecule has 1 heterocycles. The van der Waals surface area contributed by atoms with Gasteiger partial charge in [-0.3, -0.25) is 0 Å². The molecule has 0 unspecified atom stereocenters. The third kappa shape index (κ3) is 5.23. The van der Waals surface area contributed by atoms with Crippen LogP contribution in [0, 0.1) is 0 Å². The van der Waals surface area contributed by atoms with Crippen molar-refractivity contribution in [2.45, 2.75) is 46.0 Å². The summed E-state index contributed by atoms with van der Waals surface area (Å²) < 4.78 is 0. The van der Waals surface area contributed by atoms with Crippen LogP contribution < -0.4 is 5.32 Å². The Morgan fingerprint density at radius 2 is 1.73 bits per heavy atom. The van der Waals surface area contributed by atoms with E-state index in [4.69, 9.17) is 0 Å². The van der Waals surface area contributed by atoms with Gasteiger partial charge < -0.3 is 5.32 Å². The van der Waals surface area contributed by atoms with Crippen LogP contribution in [0.4, 0.5) is 0 Å². The standard InChI is InChI=1S/C11H21N3S/c1-3-6-10-13-14-11(15-10)7-5-9-12-8-4-2/h12H,3-9H2,1-2H3. The predicted octanol–water partition coefficient (Wildman–Crippen LogP) is 2.42. The van der Waals surface area contributed by atoms with Crippen molar-refractivity contribution in [2.24, 2.45) is 0 Å². The largest absolute Gasteiger partial charge is 0.317 e. The molecule has 0 atom stereocenters. The SMILES string of the molecule is CCCNCCCc1nnc(CCC)s1. The minimum atomic E-state index is 1.07. The summed E-state index contributed by atoms with van der Waals surface area (Å²) in [6.45, 7) is 6.58. The Morgan fingerprint density at radius 3 is 2.40 bits per heavy atom. The molecule has 1 aromatic heterocycles. The van der Waals surface area contributed by atoms with Gasteiger partial charge in [0.2, 0.25) is 0 Å². The zero-order valence-corrected chi connectivity index (χ0v) is 10.6.